The van der Waals surface area contributed by atoms with Crippen molar-refractivity contribution in [1.29, 1.82) is 0 Å². The van der Waals surface area contributed by atoms with Crippen LogP contribution in [0.25, 0.3) is 0 Å². The van der Waals surface area contributed by atoms with E-state index in [-0.39, 0.29) is 17.7 Å². The van der Waals surface area contributed by atoms with Crippen molar-refractivity contribution in [3.8, 4) is 0 Å². The van der Waals surface area contributed by atoms with Crippen LogP contribution in [-0.2, 0) is 9.59 Å². The minimum absolute atomic E-state index is 0.0500. The van der Waals surface area contributed by atoms with E-state index in [0.29, 0.717) is 32.0 Å². The van der Waals surface area contributed by atoms with Crippen LogP contribution in [0, 0.1) is 17.3 Å². The SMILES string of the molecule is CC1(C(N)=O)CCN(C(=O)C2CCCCC2CN)C1. The van der Waals surface area contributed by atoms with Gasteiger partial charge in [-0.05, 0) is 38.6 Å². The summed E-state index contributed by atoms with van der Waals surface area (Å²) in [5.41, 5.74) is 10.7. The lowest BCUT2D eigenvalue weighted by atomic mass is 9.78. The van der Waals surface area contributed by atoms with E-state index >= 15 is 0 Å². The average Bonchev–Trinajstić information content (AvgIpc) is 2.82. The molecular weight excluding hydrogens is 242 g/mol. The molecule has 0 bridgehead atoms. The molecule has 0 aromatic rings. The third-order valence-electron chi connectivity index (χ3n) is 4.91. The van der Waals surface area contributed by atoms with Crippen LogP contribution >= 0.6 is 0 Å². The highest BCUT2D eigenvalue weighted by Gasteiger charge is 2.43. The second-order valence-corrected chi connectivity index (χ2v) is 6.32. The van der Waals surface area contributed by atoms with E-state index in [1.54, 1.807) is 0 Å². The fraction of sp³-hybridized carbons (Fsp3) is 0.857. The van der Waals surface area contributed by atoms with Gasteiger partial charge in [0.2, 0.25) is 11.8 Å². The summed E-state index contributed by atoms with van der Waals surface area (Å²) in [6, 6.07) is 0. The number of amides is 2. The zero-order valence-electron chi connectivity index (χ0n) is 11.7. The van der Waals surface area contributed by atoms with Gasteiger partial charge in [0.1, 0.15) is 0 Å². The Morgan fingerprint density at radius 3 is 2.58 bits per heavy atom. The summed E-state index contributed by atoms with van der Waals surface area (Å²) in [4.78, 5) is 25.9. The van der Waals surface area contributed by atoms with Crippen LogP contribution in [-0.4, -0.2) is 36.3 Å². The molecule has 2 rings (SSSR count). The number of nitrogens with zero attached hydrogens (tertiary/aromatic N) is 1. The Kier molecular flexibility index (Phi) is 4.13. The fourth-order valence-corrected chi connectivity index (χ4v) is 3.40. The zero-order valence-corrected chi connectivity index (χ0v) is 11.7. The first-order valence-electron chi connectivity index (χ1n) is 7.27. The highest BCUT2D eigenvalue weighted by molar-refractivity contribution is 5.84. The summed E-state index contributed by atoms with van der Waals surface area (Å²) >= 11 is 0. The Labute approximate surface area is 114 Å². The summed E-state index contributed by atoms with van der Waals surface area (Å²) in [5.74, 6) is 0.234. The van der Waals surface area contributed by atoms with Gasteiger partial charge in [0.15, 0.2) is 0 Å². The van der Waals surface area contributed by atoms with Crippen molar-refractivity contribution in [2.45, 2.75) is 39.0 Å². The van der Waals surface area contributed by atoms with Crippen LogP contribution in [0.5, 0.6) is 0 Å². The Balaban J connectivity index is 2.02. The molecule has 1 heterocycles. The maximum Gasteiger partial charge on any atom is 0.226 e. The zero-order chi connectivity index (χ0) is 14.0. The predicted octanol–water partition coefficient (Wildman–Crippen LogP) is 0.475. The van der Waals surface area contributed by atoms with Gasteiger partial charge < -0.3 is 16.4 Å². The summed E-state index contributed by atoms with van der Waals surface area (Å²) < 4.78 is 0. The van der Waals surface area contributed by atoms with Crippen molar-refractivity contribution < 1.29 is 9.59 Å². The van der Waals surface area contributed by atoms with Crippen molar-refractivity contribution in [3.05, 3.63) is 0 Å². The molecule has 2 aliphatic rings. The van der Waals surface area contributed by atoms with Crippen LogP contribution in [0.3, 0.4) is 0 Å². The summed E-state index contributed by atoms with van der Waals surface area (Å²) in [7, 11) is 0. The Hall–Kier alpha value is -1.10. The number of nitrogens with two attached hydrogens (primary N) is 2. The van der Waals surface area contributed by atoms with Gasteiger partial charge in [-0.25, -0.2) is 0 Å². The van der Waals surface area contributed by atoms with Crippen molar-refractivity contribution in [2.24, 2.45) is 28.7 Å². The quantitative estimate of drug-likeness (QED) is 0.779. The third-order valence-corrected chi connectivity index (χ3v) is 4.91. The maximum absolute atomic E-state index is 12.6. The van der Waals surface area contributed by atoms with Gasteiger partial charge >= 0.3 is 0 Å². The van der Waals surface area contributed by atoms with E-state index < -0.39 is 5.41 Å². The Morgan fingerprint density at radius 1 is 1.32 bits per heavy atom. The topological polar surface area (TPSA) is 89.4 Å². The molecule has 1 aliphatic carbocycles. The number of carbonyl (C=O) groups is 2. The molecular formula is C14H25N3O2. The molecule has 3 unspecified atom stereocenters. The molecule has 0 aromatic carbocycles. The number of hydrogen-bond acceptors (Lipinski definition) is 3. The van der Waals surface area contributed by atoms with E-state index in [1.807, 2.05) is 11.8 Å². The normalized spacial score (nSPS) is 35.4. The summed E-state index contributed by atoms with van der Waals surface area (Å²) in [6.07, 6.45) is 4.94. The first-order valence-corrected chi connectivity index (χ1v) is 7.27. The number of likely N-dealkylation sites (tertiary alicyclic amines) is 1. The molecule has 4 N–H and O–H groups in total. The number of rotatable bonds is 3. The van der Waals surface area contributed by atoms with Gasteiger partial charge in [0, 0.05) is 19.0 Å². The number of hydrogen-bond donors (Lipinski definition) is 2. The molecule has 5 heteroatoms. The molecule has 1 saturated carbocycles. The van der Waals surface area contributed by atoms with Crippen LogP contribution in [0.15, 0.2) is 0 Å². The second-order valence-electron chi connectivity index (χ2n) is 6.32. The first kappa shape index (κ1) is 14.3. The second kappa shape index (κ2) is 5.49. The van der Waals surface area contributed by atoms with E-state index in [9.17, 15) is 9.59 Å². The van der Waals surface area contributed by atoms with E-state index in [4.69, 9.17) is 11.5 Å². The van der Waals surface area contributed by atoms with Crippen LogP contribution in [0.1, 0.15) is 39.0 Å². The number of carbonyl (C=O) groups excluding carboxylic acids is 2. The summed E-state index contributed by atoms with van der Waals surface area (Å²) in [6.45, 7) is 3.54. The average molecular weight is 267 g/mol. The van der Waals surface area contributed by atoms with Crippen LogP contribution in [0.2, 0.25) is 0 Å². The molecule has 2 fully saturated rings. The molecule has 0 radical (unpaired) electrons. The fourth-order valence-electron chi connectivity index (χ4n) is 3.40. The van der Waals surface area contributed by atoms with Gasteiger partial charge in [-0.3, -0.25) is 9.59 Å². The maximum atomic E-state index is 12.6. The predicted molar refractivity (Wildman–Crippen MR) is 73.0 cm³/mol. The lowest BCUT2D eigenvalue weighted by Gasteiger charge is -2.33. The van der Waals surface area contributed by atoms with Crippen molar-refractivity contribution >= 4 is 11.8 Å². The Bertz CT molecular complexity index is 372. The standard InChI is InChI=1S/C14H25N3O2/c1-14(13(16)19)6-7-17(9-14)12(18)11-5-3-2-4-10(11)8-15/h10-11H,2-9,15H2,1H3,(H2,16,19). The number of primary amides is 1. The lowest BCUT2D eigenvalue weighted by Crippen LogP contribution is -2.43. The smallest absolute Gasteiger partial charge is 0.226 e. The summed E-state index contributed by atoms with van der Waals surface area (Å²) in [5, 5.41) is 0. The van der Waals surface area contributed by atoms with Gasteiger partial charge in [-0.15, -0.1) is 0 Å². The molecule has 1 aliphatic heterocycles. The minimum Gasteiger partial charge on any atom is -0.369 e. The van der Waals surface area contributed by atoms with Crippen molar-refractivity contribution in [3.63, 3.8) is 0 Å². The van der Waals surface area contributed by atoms with E-state index in [0.717, 1.165) is 19.3 Å². The third kappa shape index (κ3) is 2.76. The van der Waals surface area contributed by atoms with Crippen LogP contribution in [0.4, 0.5) is 0 Å². The highest BCUT2D eigenvalue weighted by Crippen LogP contribution is 2.35. The molecule has 108 valence electrons. The van der Waals surface area contributed by atoms with Gasteiger partial charge in [-0.2, -0.15) is 0 Å². The van der Waals surface area contributed by atoms with Gasteiger partial charge in [0.05, 0.1) is 5.41 Å². The first-order chi connectivity index (χ1) is 8.98. The van der Waals surface area contributed by atoms with Crippen molar-refractivity contribution in [1.82, 2.24) is 4.90 Å². The highest BCUT2D eigenvalue weighted by atomic mass is 16.2. The van der Waals surface area contributed by atoms with Crippen LogP contribution < -0.4 is 11.5 Å². The molecule has 5 nitrogen and oxygen atoms in total. The molecule has 0 aromatic heterocycles. The van der Waals surface area contributed by atoms with E-state index in [1.165, 1.54) is 6.42 Å². The van der Waals surface area contributed by atoms with Crippen molar-refractivity contribution in [2.75, 3.05) is 19.6 Å². The van der Waals surface area contributed by atoms with Gasteiger partial charge in [-0.1, -0.05) is 12.8 Å². The Morgan fingerprint density at radius 2 is 2.00 bits per heavy atom. The largest absolute Gasteiger partial charge is 0.369 e. The monoisotopic (exact) mass is 267 g/mol. The van der Waals surface area contributed by atoms with Gasteiger partial charge in [0.25, 0.3) is 0 Å². The molecule has 19 heavy (non-hydrogen) atoms. The minimum atomic E-state index is -0.553. The van der Waals surface area contributed by atoms with E-state index in [2.05, 4.69) is 0 Å². The molecule has 0 spiro atoms. The molecule has 2 amide bonds. The lowest BCUT2D eigenvalue weighted by molar-refractivity contribution is -0.138. The molecule has 3 atom stereocenters. The molecule has 1 saturated heterocycles.